The predicted molar refractivity (Wildman–Crippen MR) is 119 cm³/mol. The number of anilines is 3. The molecule has 30 heavy (non-hydrogen) atoms. The number of aryl methyl sites for hydroxylation is 1. The van der Waals surface area contributed by atoms with Gasteiger partial charge in [0, 0.05) is 37.3 Å². The summed E-state index contributed by atoms with van der Waals surface area (Å²) >= 11 is 0. The summed E-state index contributed by atoms with van der Waals surface area (Å²) < 4.78 is 0. The molecule has 0 saturated heterocycles. The maximum atomic E-state index is 12.9. The lowest BCUT2D eigenvalue weighted by Crippen LogP contribution is -2.24. The summed E-state index contributed by atoms with van der Waals surface area (Å²) in [6, 6.07) is 9.29. The fourth-order valence-electron chi connectivity index (χ4n) is 3.36. The van der Waals surface area contributed by atoms with Crippen LogP contribution >= 0.6 is 0 Å². The van der Waals surface area contributed by atoms with Crippen molar-refractivity contribution in [2.45, 2.75) is 26.2 Å². The minimum absolute atomic E-state index is 0.139. The average Bonchev–Trinajstić information content (AvgIpc) is 3.24. The van der Waals surface area contributed by atoms with Gasteiger partial charge in [-0.2, -0.15) is 0 Å². The van der Waals surface area contributed by atoms with Crippen molar-refractivity contribution < 1.29 is 9.59 Å². The Kier molecular flexibility index (Phi) is 6.46. The number of allylic oxidation sites excluding steroid dienone is 1. The number of carbonyl (C=O) groups excluding carboxylic acids is 2. The predicted octanol–water partition coefficient (Wildman–Crippen LogP) is 2.90. The van der Waals surface area contributed by atoms with Gasteiger partial charge in [0.15, 0.2) is 5.82 Å². The van der Waals surface area contributed by atoms with Crippen LogP contribution in [0.1, 0.15) is 35.2 Å². The van der Waals surface area contributed by atoms with E-state index in [0.717, 1.165) is 41.8 Å². The molecule has 0 bridgehead atoms. The average molecular weight is 406 g/mol. The van der Waals surface area contributed by atoms with Crippen LogP contribution in [0.25, 0.3) is 0 Å². The van der Waals surface area contributed by atoms with Crippen molar-refractivity contribution in [3.63, 3.8) is 0 Å². The van der Waals surface area contributed by atoms with Gasteiger partial charge in [0.25, 0.3) is 11.8 Å². The molecular weight excluding hydrogens is 380 g/mol. The van der Waals surface area contributed by atoms with E-state index in [0.29, 0.717) is 17.1 Å². The molecule has 2 aromatic rings. The molecule has 1 aliphatic rings. The minimum Gasteiger partial charge on any atom is -0.394 e. The van der Waals surface area contributed by atoms with Crippen LogP contribution in [0.4, 0.5) is 17.2 Å². The summed E-state index contributed by atoms with van der Waals surface area (Å²) in [6.07, 6.45) is 3.91. The standard InChI is InChI=1S/C22H26N6O2/c1-13-7-4-5-9-16(13)27-20-18(11-14(12-26-20)21(29)25-3)28-22(30)19(23)15-8-6-10-17(15)24-2/h4-5,7,9,11-12H,6,8,10,23H2,1-3H3,(H,25,29)(H,26,27)(H,28,30)/b19-15-,24-17?. The fourth-order valence-corrected chi connectivity index (χ4v) is 3.36. The van der Waals surface area contributed by atoms with Crippen molar-refractivity contribution in [3.05, 3.63) is 58.9 Å². The van der Waals surface area contributed by atoms with Crippen LogP contribution in [0.3, 0.4) is 0 Å². The number of aromatic nitrogens is 1. The molecular formula is C22H26N6O2. The molecule has 1 saturated carbocycles. The van der Waals surface area contributed by atoms with Crippen LogP contribution in [-0.4, -0.2) is 36.6 Å². The lowest BCUT2D eigenvalue weighted by Gasteiger charge is -2.15. The lowest BCUT2D eigenvalue weighted by atomic mass is 10.1. The largest absolute Gasteiger partial charge is 0.394 e. The molecule has 0 aliphatic heterocycles. The number of nitrogens with one attached hydrogen (secondary N) is 3. The smallest absolute Gasteiger partial charge is 0.271 e. The molecule has 8 nitrogen and oxygen atoms in total. The van der Waals surface area contributed by atoms with Gasteiger partial charge in [-0.05, 0) is 43.9 Å². The number of carbonyl (C=O) groups is 2. The van der Waals surface area contributed by atoms with Crippen molar-refractivity contribution in [1.29, 1.82) is 0 Å². The Bertz CT molecular complexity index is 1040. The van der Waals surface area contributed by atoms with Gasteiger partial charge < -0.3 is 21.7 Å². The van der Waals surface area contributed by atoms with Crippen molar-refractivity contribution in [2.24, 2.45) is 10.7 Å². The summed E-state index contributed by atoms with van der Waals surface area (Å²) in [5, 5.41) is 8.59. The number of aliphatic imine (C=N–C) groups is 1. The Morgan fingerprint density at radius 3 is 2.63 bits per heavy atom. The highest BCUT2D eigenvalue weighted by molar-refractivity contribution is 6.13. The maximum absolute atomic E-state index is 12.9. The molecule has 1 aromatic carbocycles. The number of pyridine rings is 1. The zero-order valence-corrected chi connectivity index (χ0v) is 17.4. The van der Waals surface area contributed by atoms with Gasteiger partial charge in [0.1, 0.15) is 5.70 Å². The molecule has 1 heterocycles. The number of hydrogen-bond acceptors (Lipinski definition) is 6. The lowest BCUT2D eigenvalue weighted by molar-refractivity contribution is -0.112. The highest BCUT2D eigenvalue weighted by atomic mass is 16.2. The molecule has 0 radical (unpaired) electrons. The first-order valence-corrected chi connectivity index (χ1v) is 9.75. The Morgan fingerprint density at radius 1 is 1.17 bits per heavy atom. The molecule has 5 N–H and O–H groups in total. The van der Waals surface area contributed by atoms with Crippen LogP contribution in [0, 0.1) is 6.92 Å². The summed E-state index contributed by atoms with van der Waals surface area (Å²) in [5.41, 5.74) is 10.5. The van der Waals surface area contributed by atoms with E-state index in [1.807, 2.05) is 31.2 Å². The minimum atomic E-state index is -0.447. The van der Waals surface area contributed by atoms with E-state index in [1.54, 1.807) is 13.1 Å². The third-order valence-corrected chi connectivity index (χ3v) is 5.05. The second-order valence-corrected chi connectivity index (χ2v) is 7.01. The Labute approximate surface area is 175 Å². The second kappa shape index (κ2) is 9.21. The van der Waals surface area contributed by atoms with E-state index in [1.165, 1.54) is 13.2 Å². The first-order valence-electron chi connectivity index (χ1n) is 9.75. The number of benzene rings is 1. The van der Waals surface area contributed by atoms with E-state index in [9.17, 15) is 9.59 Å². The molecule has 0 spiro atoms. The molecule has 0 unspecified atom stereocenters. The van der Waals surface area contributed by atoms with Gasteiger partial charge in [-0.1, -0.05) is 18.2 Å². The fraction of sp³-hybridized carbons (Fsp3) is 0.273. The topological polar surface area (TPSA) is 121 Å². The summed E-state index contributed by atoms with van der Waals surface area (Å²) in [6.45, 7) is 1.97. The van der Waals surface area contributed by atoms with Crippen LogP contribution in [-0.2, 0) is 4.79 Å². The molecule has 1 fully saturated rings. The number of nitrogens with zero attached hydrogens (tertiary/aromatic N) is 2. The van der Waals surface area contributed by atoms with Crippen LogP contribution in [0.5, 0.6) is 0 Å². The van der Waals surface area contributed by atoms with Gasteiger partial charge in [-0.3, -0.25) is 14.6 Å². The molecule has 1 aromatic heterocycles. The zero-order valence-electron chi connectivity index (χ0n) is 17.4. The zero-order chi connectivity index (χ0) is 21.7. The van der Waals surface area contributed by atoms with Crippen molar-refractivity contribution in [2.75, 3.05) is 24.7 Å². The quantitative estimate of drug-likeness (QED) is 0.569. The van der Waals surface area contributed by atoms with Gasteiger partial charge >= 0.3 is 0 Å². The monoisotopic (exact) mass is 406 g/mol. The molecule has 0 atom stereocenters. The first-order chi connectivity index (χ1) is 14.4. The molecule has 1 aliphatic carbocycles. The third kappa shape index (κ3) is 4.48. The number of amides is 2. The van der Waals surface area contributed by atoms with Crippen LogP contribution < -0.4 is 21.7 Å². The number of para-hydroxylation sites is 1. The first kappa shape index (κ1) is 21.0. The molecule has 2 amide bonds. The molecule has 8 heteroatoms. The Hall–Kier alpha value is -3.68. The molecule has 156 valence electrons. The van der Waals surface area contributed by atoms with E-state index in [2.05, 4.69) is 25.9 Å². The van der Waals surface area contributed by atoms with Crippen molar-refractivity contribution in [1.82, 2.24) is 10.3 Å². The Morgan fingerprint density at radius 2 is 1.93 bits per heavy atom. The van der Waals surface area contributed by atoms with Crippen molar-refractivity contribution in [3.8, 4) is 0 Å². The van der Waals surface area contributed by atoms with Gasteiger partial charge in [0.2, 0.25) is 0 Å². The summed E-state index contributed by atoms with van der Waals surface area (Å²) in [4.78, 5) is 33.5. The number of hydrogen-bond donors (Lipinski definition) is 4. The van der Waals surface area contributed by atoms with Crippen LogP contribution in [0.15, 0.2) is 52.8 Å². The highest BCUT2D eigenvalue weighted by Crippen LogP contribution is 2.28. The van der Waals surface area contributed by atoms with Crippen molar-refractivity contribution >= 4 is 34.7 Å². The van der Waals surface area contributed by atoms with Gasteiger partial charge in [0.05, 0.1) is 11.3 Å². The van der Waals surface area contributed by atoms with E-state index < -0.39 is 5.91 Å². The summed E-state index contributed by atoms with van der Waals surface area (Å²) in [5.74, 6) is -0.335. The molecule has 3 rings (SSSR count). The number of rotatable bonds is 5. The van der Waals surface area contributed by atoms with Gasteiger partial charge in [-0.25, -0.2) is 4.98 Å². The maximum Gasteiger partial charge on any atom is 0.271 e. The SMILES string of the molecule is CN=C1CCC/C1=C(/N)C(=O)Nc1cc(C(=O)NC)cnc1Nc1ccccc1C. The third-order valence-electron chi connectivity index (χ3n) is 5.05. The van der Waals surface area contributed by atoms with Crippen LogP contribution in [0.2, 0.25) is 0 Å². The summed E-state index contributed by atoms with van der Waals surface area (Å²) in [7, 11) is 3.24. The van der Waals surface area contributed by atoms with E-state index >= 15 is 0 Å². The second-order valence-electron chi connectivity index (χ2n) is 7.01. The Balaban J connectivity index is 1.96. The van der Waals surface area contributed by atoms with E-state index in [-0.39, 0.29) is 11.6 Å². The number of nitrogens with two attached hydrogens (primary N) is 1. The van der Waals surface area contributed by atoms with E-state index in [4.69, 9.17) is 5.73 Å². The van der Waals surface area contributed by atoms with Gasteiger partial charge in [-0.15, -0.1) is 0 Å². The normalized spacial score (nSPS) is 16.3. The highest BCUT2D eigenvalue weighted by Gasteiger charge is 2.22.